The maximum Gasteiger partial charge on any atom is 0.179 e. The van der Waals surface area contributed by atoms with E-state index in [2.05, 4.69) is 6.92 Å². The molecule has 1 unspecified atom stereocenters. The summed E-state index contributed by atoms with van der Waals surface area (Å²) in [6.45, 7) is 4.60. The Morgan fingerprint density at radius 2 is 2.19 bits per heavy atom. The van der Waals surface area contributed by atoms with Crippen LogP contribution in [0.5, 0.6) is 11.5 Å². The Bertz CT molecular complexity index is 380. The molecule has 0 radical (unpaired) electrons. The van der Waals surface area contributed by atoms with Crippen LogP contribution in [0.1, 0.15) is 30.4 Å². The molecule has 0 aliphatic heterocycles. The van der Waals surface area contributed by atoms with Gasteiger partial charge in [-0.25, -0.2) is 0 Å². The van der Waals surface area contributed by atoms with Gasteiger partial charge in [-0.1, -0.05) is 18.5 Å². The van der Waals surface area contributed by atoms with Gasteiger partial charge >= 0.3 is 0 Å². The van der Waals surface area contributed by atoms with Gasteiger partial charge in [0, 0.05) is 0 Å². The molecule has 3 N–H and O–H groups in total. The molecule has 0 heterocycles. The van der Waals surface area contributed by atoms with E-state index in [0.29, 0.717) is 17.3 Å². The molecule has 1 atom stereocenters. The summed E-state index contributed by atoms with van der Waals surface area (Å²) in [7, 11) is 1.49. The summed E-state index contributed by atoms with van der Waals surface area (Å²) < 4.78 is 5.09. The summed E-state index contributed by atoms with van der Waals surface area (Å²) in [6, 6.07) is 1.67. The van der Waals surface area contributed by atoms with E-state index in [4.69, 9.17) is 22.1 Å². The van der Waals surface area contributed by atoms with Crippen LogP contribution in [0.4, 0.5) is 0 Å². The van der Waals surface area contributed by atoms with Crippen molar-refractivity contribution in [2.45, 2.75) is 26.2 Å². The van der Waals surface area contributed by atoms with Crippen LogP contribution in [0.2, 0.25) is 5.02 Å². The first kappa shape index (κ1) is 13.1. The molecule has 0 aromatic heterocycles. The molecule has 90 valence electrons. The zero-order valence-electron chi connectivity index (χ0n) is 9.88. The SMILES string of the molecule is COc1c(O)cc(C)c(C(C)CCN)c1Cl. The fourth-order valence-corrected chi connectivity index (χ4v) is 2.46. The van der Waals surface area contributed by atoms with Crippen molar-refractivity contribution in [3.8, 4) is 11.5 Å². The average molecular weight is 244 g/mol. The number of hydrogen-bond donors (Lipinski definition) is 2. The zero-order chi connectivity index (χ0) is 12.3. The van der Waals surface area contributed by atoms with E-state index in [0.717, 1.165) is 17.5 Å². The number of phenols is 1. The van der Waals surface area contributed by atoms with Crippen LogP contribution >= 0.6 is 11.6 Å². The monoisotopic (exact) mass is 243 g/mol. The first-order valence-corrected chi connectivity index (χ1v) is 5.66. The van der Waals surface area contributed by atoms with Crippen LogP contribution < -0.4 is 10.5 Å². The summed E-state index contributed by atoms with van der Waals surface area (Å²) in [5, 5.41) is 10.2. The van der Waals surface area contributed by atoms with Gasteiger partial charge in [0.15, 0.2) is 11.5 Å². The van der Waals surface area contributed by atoms with Crippen LogP contribution in [0, 0.1) is 6.92 Å². The van der Waals surface area contributed by atoms with Crippen molar-refractivity contribution in [1.29, 1.82) is 0 Å². The number of aryl methyl sites for hydroxylation is 1. The van der Waals surface area contributed by atoms with Crippen LogP contribution in [0.25, 0.3) is 0 Å². The summed E-state index contributed by atoms with van der Waals surface area (Å²) in [4.78, 5) is 0. The predicted octanol–water partition coefficient (Wildman–Crippen LogP) is 2.81. The van der Waals surface area contributed by atoms with E-state index >= 15 is 0 Å². The number of aromatic hydroxyl groups is 1. The summed E-state index contributed by atoms with van der Waals surface area (Å²) in [5.41, 5.74) is 7.51. The van der Waals surface area contributed by atoms with Gasteiger partial charge < -0.3 is 15.6 Å². The van der Waals surface area contributed by atoms with Gasteiger partial charge in [0.1, 0.15) is 0 Å². The maximum atomic E-state index is 9.67. The van der Waals surface area contributed by atoms with Gasteiger partial charge in [-0.2, -0.15) is 0 Å². The van der Waals surface area contributed by atoms with Gasteiger partial charge in [0.05, 0.1) is 12.1 Å². The van der Waals surface area contributed by atoms with E-state index in [-0.39, 0.29) is 11.7 Å². The van der Waals surface area contributed by atoms with Crippen LogP contribution in [-0.2, 0) is 0 Å². The van der Waals surface area contributed by atoms with Crippen LogP contribution in [-0.4, -0.2) is 18.8 Å². The van der Waals surface area contributed by atoms with Crippen molar-refractivity contribution in [2.75, 3.05) is 13.7 Å². The molecule has 1 rings (SSSR count). The van der Waals surface area contributed by atoms with Crippen molar-refractivity contribution in [3.05, 3.63) is 22.2 Å². The summed E-state index contributed by atoms with van der Waals surface area (Å²) in [6.07, 6.45) is 0.856. The second kappa shape index (κ2) is 5.41. The molecule has 0 aliphatic rings. The minimum Gasteiger partial charge on any atom is -0.504 e. The second-order valence-electron chi connectivity index (χ2n) is 3.95. The average Bonchev–Trinajstić information content (AvgIpc) is 2.17. The second-order valence-corrected chi connectivity index (χ2v) is 4.33. The molecule has 0 bridgehead atoms. The largest absolute Gasteiger partial charge is 0.504 e. The van der Waals surface area contributed by atoms with E-state index in [9.17, 15) is 5.11 Å². The first-order chi connectivity index (χ1) is 7.52. The van der Waals surface area contributed by atoms with Crippen molar-refractivity contribution in [3.63, 3.8) is 0 Å². The highest BCUT2D eigenvalue weighted by molar-refractivity contribution is 6.33. The lowest BCUT2D eigenvalue weighted by Crippen LogP contribution is -2.07. The highest BCUT2D eigenvalue weighted by Gasteiger charge is 2.19. The molecule has 4 heteroatoms. The Kier molecular flexibility index (Phi) is 4.44. The van der Waals surface area contributed by atoms with E-state index in [1.54, 1.807) is 6.07 Å². The zero-order valence-corrected chi connectivity index (χ0v) is 10.6. The fourth-order valence-electron chi connectivity index (χ4n) is 1.95. The maximum absolute atomic E-state index is 9.67. The quantitative estimate of drug-likeness (QED) is 0.855. The van der Waals surface area contributed by atoms with Crippen molar-refractivity contribution in [1.82, 2.24) is 0 Å². The Hall–Kier alpha value is -0.930. The highest BCUT2D eigenvalue weighted by atomic mass is 35.5. The standard InChI is InChI=1S/C12H18ClNO2/c1-7(4-5-14)10-8(2)6-9(15)12(16-3)11(10)13/h6-7,15H,4-5,14H2,1-3H3. The molecule has 3 nitrogen and oxygen atoms in total. The number of benzene rings is 1. The highest BCUT2D eigenvalue weighted by Crippen LogP contribution is 2.42. The van der Waals surface area contributed by atoms with E-state index < -0.39 is 0 Å². The lowest BCUT2D eigenvalue weighted by atomic mass is 9.93. The van der Waals surface area contributed by atoms with Crippen molar-refractivity contribution >= 4 is 11.6 Å². The van der Waals surface area contributed by atoms with E-state index in [1.165, 1.54) is 7.11 Å². The third kappa shape index (κ3) is 2.42. The smallest absolute Gasteiger partial charge is 0.179 e. The Balaban J connectivity index is 3.27. The minimum atomic E-state index is 0.0775. The number of ether oxygens (including phenoxy) is 1. The predicted molar refractivity (Wildman–Crippen MR) is 66.5 cm³/mol. The van der Waals surface area contributed by atoms with Gasteiger partial charge in [-0.05, 0) is 43.0 Å². The third-order valence-corrected chi connectivity index (χ3v) is 3.12. The van der Waals surface area contributed by atoms with Gasteiger partial charge in [0.2, 0.25) is 0 Å². The van der Waals surface area contributed by atoms with Crippen molar-refractivity contribution in [2.24, 2.45) is 5.73 Å². The Morgan fingerprint density at radius 1 is 1.56 bits per heavy atom. The molecular formula is C12H18ClNO2. The number of phenolic OH excluding ortho intramolecular Hbond substituents is 1. The molecule has 0 saturated carbocycles. The molecule has 0 spiro atoms. The number of nitrogens with two attached hydrogens (primary N) is 1. The molecule has 1 aromatic carbocycles. The van der Waals surface area contributed by atoms with Gasteiger partial charge in [-0.15, -0.1) is 0 Å². The lowest BCUT2D eigenvalue weighted by Gasteiger charge is -2.18. The number of methoxy groups -OCH3 is 1. The summed E-state index contributed by atoms with van der Waals surface area (Å²) in [5.74, 6) is 0.673. The molecule has 0 fully saturated rings. The molecule has 0 amide bonds. The summed E-state index contributed by atoms with van der Waals surface area (Å²) >= 11 is 6.22. The van der Waals surface area contributed by atoms with E-state index in [1.807, 2.05) is 6.92 Å². The first-order valence-electron chi connectivity index (χ1n) is 5.28. The van der Waals surface area contributed by atoms with Crippen LogP contribution in [0.3, 0.4) is 0 Å². The number of halogens is 1. The minimum absolute atomic E-state index is 0.0775. The molecule has 0 aliphatic carbocycles. The topological polar surface area (TPSA) is 55.5 Å². The van der Waals surface area contributed by atoms with Gasteiger partial charge in [-0.3, -0.25) is 0 Å². The van der Waals surface area contributed by atoms with Crippen LogP contribution in [0.15, 0.2) is 6.07 Å². The molecular weight excluding hydrogens is 226 g/mol. The normalized spacial score (nSPS) is 12.6. The number of rotatable bonds is 4. The molecule has 0 saturated heterocycles. The van der Waals surface area contributed by atoms with Gasteiger partial charge in [0.25, 0.3) is 0 Å². The number of hydrogen-bond acceptors (Lipinski definition) is 3. The lowest BCUT2D eigenvalue weighted by molar-refractivity contribution is 0.372. The van der Waals surface area contributed by atoms with Crippen molar-refractivity contribution < 1.29 is 9.84 Å². The molecule has 16 heavy (non-hydrogen) atoms. The Labute approximate surface area is 101 Å². The fraction of sp³-hybridized carbons (Fsp3) is 0.500. The Morgan fingerprint density at radius 3 is 2.69 bits per heavy atom. The third-order valence-electron chi connectivity index (χ3n) is 2.74. The molecule has 1 aromatic rings.